The van der Waals surface area contributed by atoms with E-state index in [1.54, 1.807) is 0 Å². The third kappa shape index (κ3) is 48.5. The van der Waals surface area contributed by atoms with Gasteiger partial charge in [-0.1, -0.05) is 0 Å². The van der Waals surface area contributed by atoms with Gasteiger partial charge >= 0.3 is 118 Å². The van der Waals surface area contributed by atoms with Gasteiger partial charge in [0, 0.05) is 0 Å². The average Bonchev–Trinajstić information content (AvgIpc) is 0.722. The SMILES string of the molecule is [BaH2].[Ca+2].[O]=[W](=[O])([O-])[O-]. The van der Waals surface area contributed by atoms with Gasteiger partial charge < -0.3 is 0 Å². The molecule has 0 radical (unpaired) electrons. The van der Waals surface area contributed by atoms with Crippen LogP contribution in [0.25, 0.3) is 0 Å². The Labute approximate surface area is 114 Å². The second-order valence-corrected chi connectivity index (χ2v) is 3.34. The van der Waals surface area contributed by atoms with Crippen molar-refractivity contribution in [3.05, 3.63) is 0 Å². The van der Waals surface area contributed by atoms with E-state index in [2.05, 4.69) is 0 Å². The molecule has 7 heteroatoms. The van der Waals surface area contributed by atoms with Crippen LogP contribution >= 0.6 is 0 Å². The molecule has 0 saturated carbocycles. The standard InChI is InChI=1S/Ba.Ca.4O.W.2H/q;+2;;;2*-1;;;. The van der Waals surface area contributed by atoms with E-state index in [9.17, 15) is 0 Å². The van der Waals surface area contributed by atoms with E-state index < -0.39 is 16.7 Å². The summed E-state index contributed by atoms with van der Waals surface area (Å²) < 4.78 is 34.6. The van der Waals surface area contributed by atoms with Crippen molar-refractivity contribution >= 4 is 86.6 Å². The summed E-state index contributed by atoms with van der Waals surface area (Å²) in [6.45, 7) is 0. The molecule has 0 amide bonds. The Hall–Kier alpha value is 3.04. The first-order valence-corrected chi connectivity index (χ1v) is 5.46. The van der Waals surface area contributed by atoms with Gasteiger partial charge in [-0.25, -0.2) is 0 Å². The first-order valence-electron chi connectivity index (χ1n) is 0.667. The van der Waals surface area contributed by atoms with Crippen molar-refractivity contribution in [3.63, 3.8) is 0 Å². The third-order valence-corrected chi connectivity index (χ3v) is 0. The molecule has 7 heavy (non-hydrogen) atoms. The third-order valence-electron chi connectivity index (χ3n) is 0. The molecule has 0 aromatic heterocycles. The Morgan fingerprint density at radius 3 is 1.14 bits per heavy atom. The second-order valence-electron chi connectivity index (χ2n) is 0.408. The van der Waals surface area contributed by atoms with Gasteiger partial charge in [-0.15, -0.1) is 0 Å². The fourth-order valence-corrected chi connectivity index (χ4v) is 0. The van der Waals surface area contributed by atoms with Crippen molar-refractivity contribution < 1.29 is 31.1 Å². The molecule has 4 nitrogen and oxygen atoms in total. The van der Waals surface area contributed by atoms with Gasteiger partial charge in [0.1, 0.15) is 0 Å². The van der Waals surface area contributed by atoms with Crippen LogP contribution in [0.15, 0.2) is 0 Å². The van der Waals surface area contributed by atoms with Crippen molar-refractivity contribution in [1.29, 1.82) is 0 Å². The first kappa shape index (κ1) is 16.6. The van der Waals surface area contributed by atoms with Gasteiger partial charge in [-0.3, -0.25) is 0 Å². The van der Waals surface area contributed by atoms with Crippen molar-refractivity contribution in [2.24, 2.45) is 0 Å². The molecule has 0 aromatic rings. The molecule has 0 aliphatic rings. The van der Waals surface area contributed by atoms with E-state index in [0.29, 0.717) is 0 Å². The summed E-state index contributed by atoms with van der Waals surface area (Å²) in [5.41, 5.74) is 0. The van der Waals surface area contributed by atoms with Gasteiger partial charge in [0.2, 0.25) is 0 Å². The van der Waals surface area contributed by atoms with Crippen LogP contribution < -0.4 is 7.52 Å². The maximum absolute atomic E-state index is 8.65. The van der Waals surface area contributed by atoms with E-state index in [1.807, 2.05) is 0 Å². The Kier molecular flexibility index (Phi) is 16.9. The molecule has 0 aromatic carbocycles. The molecule has 0 spiro atoms. The predicted octanol–water partition coefficient (Wildman–Crippen LogP) is -3.92. The molecule has 36 valence electrons. The van der Waals surface area contributed by atoms with Crippen molar-refractivity contribution in [1.82, 2.24) is 0 Å². The minimum atomic E-state index is -6.17. The summed E-state index contributed by atoms with van der Waals surface area (Å²) in [6.07, 6.45) is 0. The van der Waals surface area contributed by atoms with E-state index >= 15 is 0 Å². The van der Waals surface area contributed by atoms with Crippen molar-refractivity contribution in [2.75, 3.05) is 0 Å². The predicted molar refractivity (Wildman–Crippen MR) is 15.7 cm³/mol. The molecule has 0 saturated heterocycles. The minimum absolute atomic E-state index is 0. The summed E-state index contributed by atoms with van der Waals surface area (Å²) in [6, 6.07) is 0. The van der Waals surface area contributed by atoms with E-state index in [1.165, 1.54) is 0 Å². The van der Waals surface area contributed by atoms with Gasteiger partial charge in [0.05, 0.1) is 0 Å². The Morgan fingerprint density at radius 2 is 1.14 bits per heavy atom. The van der Waals surface area contributed by atoms with E-state index in [0.717, 1.165) is 0 Å². The van der Waals surface area contributed by atoms with Gasteiger partial charge in [0.25, 0.3) is 0 Å². The molecule has 0 rings (SSSR count). The number of rotatable bonds is 0. The first-order chi connectivity index (χ1) is 2.00. The van der Waals surface area contributed by atoms with Crippen LogP contribution in [-0.2, 0) is 23.5 Å². The molecule has 0 unspecified atom stereocenters. The average molecular weight is 427 g/mol. The van der Waals surface area contributed by atoms with Crippen LogP contribution in [0.5, 0.6) is 0 Å². The molecule has 0 atom stereocenters. The number of hydrogen-bond acceptors (Lipinski definition) is 4. The maximum atomic E-state index is 8.65. The molecule has 0 fully saturated rings. The van der Waals surface area contributed by atoms with Gasteiger partial charge in [-0.05, 0) is 0 Å². The fraction of sp³-hybridized carbons (Fsp3) is 0. The van der Waals surface area contributed by atoms with Crippen LogP contribution in [0, 0.1) is 0 Å². The van der Waals surface area contributed by atoms with Crippen molar-refractivity contribution in [2.45, 2.75) is 0 Å². The zero-order chi connectivity index (χ0) is 4.50. The molecule has 0 aliphatic carbocycles. The summed E-state index contributed by atoms with van der Waals surface area (Å²) in [5, 5.41) is 0. The van der Waals surface area contributed by atoms with Crippen LogP contribution in [0.2, 0.25) is 0 Å². The summed E-state index contributed by atoms with van der Waals surface area (Å²) in [4.78, 5) is 0. The summed E-state index contributed by atoms with van der Waals surface area (Å²) >= 11 is -6.17. The Balaban J connectivity index is -0.0000000800. The topological polar surface area (TPSA) is 80.3 Å². The van der Waals surface area contributed by atoms with Gasteiger partial charge in [-0.2, -0.15) is 0 Å². The van der Waals surface area contributed by atoms with Crippen LogP contribution in [-0.4, -0.2) is 86.6 Å². The number of hydrogen-bond donors (Lipinski definition) is 0. The normalized spacial score (nSPS) is 8.29. The summed E-state index contributed by atoms with van der Waals surface area (Å²) in [5.74, 6) is 0. The molecular formula is H2BaCaO4W. The van der Waals surface area contributed by atoms with E-state index in [-0.39, 0.29) is 86.6 Å². The Bertz CT molecular complexity index is 94.9. The molecule has 0 bridgehead atoms. The zero-order valence-corrected chi connectivity index (χ0v) is 7.89. The van der Waals surface area contributed by atoms with E-state index in [4.69, 9.17) is 14.3 Å². The monoisotopic (exact) mass is 428 g/mol. The molecule has 0 aliphatic heterocycles. The van der Waals surface area contributed by atoms with Crippen LogP contribution in [0.4, 0.5) is 0 Å². The summed E-state index contributed by atoms with van der Waals surface area (Å²) in [7, 11) is 0. The quantitative estimate of drug-likeness (QED) is 0.370. The molecule has 0 N–H and O–H groups in total. The second kappa shape index (κ2) is 7.15. The zero-order valence-electron chi connectivity index (χ0n) is 2.75. The Morgan fingerprint density at radius 1 is 1.14 bits per heavy atom. The fourth-order valence-electron chi connectivity index (χ4n) is 0. The van der Waals surface area contributed by atoms with Crippen LogP contribution in [0.3, 0.4) is 0 Å². The van der Waals surface area contributed by atoms with Crippen molar-refractivity contribution in [3.8, 4) is 0 Å². The molecule has 0 heterocycles. The van der Waals surface area contributed by atoms with Crippen LogP contribution in [0.1, 0.15) is 0 Å². The van der Waals surface area contributed by atoms with Gasteiger partial charge in [0.15, 0.2) is 0 Å². The molecular weight excluding hydrogens is 425 g/mol.